The molecule has 5 nitrogen and oxygen atoms in total. The van der Waals surface area contributed by atoms with Crippen molar-refractivity contribution in [3.05, 3.63) is 101 Å². The van der Waals surface area contributed by atoms with Crippen LogP contribution in [0.1, 0.15) is 48.3 Å². The smallest absolute Gasteiger partial charge is 0.243 e. The quantitative estimate of drug-likeness (QED) is 0.377. The van der Waals surface area contributed by atoms with E-state index in [1.165, 1.54) is 0 Å². The summed E-state index contributed by atoms with van der Waals surface area (Å²) in [6.07, 6.45) is 3.34. The van der Waals surface area contributed by atoms with E-state index in [2.05, 4.69) is 0 Å². The van der Waals surface area contributed by atoms with Crippen molar-refractivity contribution < 1.29 is 13.2 Å². The molecule has 1 aliphatic carbocycles. The van der Waals surface area contributed by atoms with E-state index in [1.54, 1.807) is 34.6 Å². The van der Waals surface area contributed by atoms with Gasteiger partial charge in [0.05, 0.1) is 10.8 Å². The summed E-state index contributed by atoms with van der Waals surface area (Å²) in [7, 11) is -3.71. The van der Waals surface area contributed by atoms with Gasteiger partial charge in [0.1, 0.15) is 0 Å². The summed E-state index contributed by atoms with van der Waals surface area (Å²) >= 11 is 6.39. The minimum absolute atomic E-state index is 0.157. The fourth-order valence-corrected chi connectivity index (χ4v) is 6.95. The molecule has 0 aromatic heterocycles. The molecular formula is C29H33ClN2O3S. The Labute approximate surface area is 219 Å². The van der Waals surface area contributed by atoms with Crippen LogP contribution in [-0.4, -0.2) is 25.2 Å². The predicted molar refractivity (Wildman–Crippen MR) is 144 cm³/mol. The van der Waals surface area contributed by atoms with Gasteiger partial charge in [0.15, 0.2) is 0 Å². The van der Waals surface area contributed by atoms with Gasteiger partial charge in [0.25, 0.3) is 0 Å². The maximum atomic E-state index is 13.6. The van der Waals surface area contributed by atoms with Crippen molar-refractivity contribution in [2.75, 3.05) is 6.54 Å². The van der Waals surface area contributed by atoms with Gasteiger partial charge in [-0.25, -0.2) is 8.42 Å². The molecule has 36 heavy (non-hydrogen) atoms. The summed E-state index contributed by atoms with van der Waals surface area (Å²) in [6.45, 7) is 2.64. The van der Waals surface area contributed by atoms with Crippen LogP contribution in [0.25, 0.3) is 0 Å². The SMILES string of the molecule is Cc1ccc(C(C(N)=O)C2CCC(CN(Cc3ccccc3Cl)S(=O)(=O)c3ccccc3)CC2)cc1. The average Bonchev–Trinajstić information content (AvgIpc) is 2.87. The number of nitrogens with two attached hydrogens (primary N) is 1. The van der Waals surface area contributed by atoms with Gasteiger partial charge in [-0.05, 0) is 73.8 Å². The predicted octanol–water partition coefficient (Wildman–Crippen LogP) is 5.91. The number of benzene rings is 3. The van der Waals surface area contributed by atoms with Gasteiger partial charge in [-0.15, -0.1) is 0 Å². The van der Waals surface area contributed by atoms with Crippen LogP contribution >= 0.6 is 11.6 Å². The number of carbonyl (C=O) groups is 1. The summed E-state index contributed by atoms with van der Waals surface area (Å²) in [4.78, 5) is 12.7. The van der Waals surface area contributed by atoms with Gasteiger partial charge in [-0.3, -0.25) is 4.79 Å². The Morgan fingerprint density at radius 2 is 1.56 bits per heavy atom. The fraction of sp³-hybridized carbons (Fsp3) is 0.345. The molecule has 0 heterocycles. The Morgan fingerprint density at radius 3 is 2.17 bits per heavy atom. The molecule has 0 saturated heterocycles. The minimum atomic E-state index is -3.71. The lowest BCUT2D eigenvalue weighted by Gasteiger charge is -2.35. The molecule has 3 aromatic carbocycles. The maximum absolute atomic E-state index is 13.6. The maximum Gasteiger partial charge on any atom is 0.243 e. The highest BCUT2D eigenvalue weighted by atomic mass is 35.5. The highest BCUT2D eigenvalue weighted by Crippen LogP contribution is 2.39. The summed E-state index contributed by atoms with van der Waals surface area (Å²) in [5.41, 5.74) is 8.72. The largest absolute Gasteiger partial charge is 0.369 e. The summed E-state index contributed by atoms with van der Waals surface area (Å²) in [5, 5.41) is 0.553. The molecule has 1 atom stereocenters. The lowest BCUT2D eigenvalue weighted by Crippen LogP contribution is -2.37. The van der Waals surface area contributed by atoms with E-state index >= 15 is 0 Å². The second-order valence-corrected chi connectivity index (χ2v) is 12.1. The van der Waals surface area contributed by atoms with Crippen molar-refractivity contribution in [1.82, 2.24) is 4.31 Å². The molecule has 7 heteroatoms. The zero-order valence-electron chi connectivity index (χ0n) is 20.5. The summed E-state index contributed by atoms with van der Waals surface area (Å²) in [6, 6.07) is 23.9. The monoisotopic (exact) mass is 524 g/mol. The Balaban J connectivity index is 1.51. The molecule has 0 aliphatic heterocycles. The number of aryl methyl sites for hydroxylation is 1. The average molecular weight is 525 g/mol. The third kappa shape index (κ3) is 6.17. The Kier molecular flexibility index (Phi) is 8.50. The van der Waals surface area contributed by atoms with Crippen LogP contribution in [-0.2, 0) is 21.4 Å². The van der Waals surface area contributed by atoms with Crippen LogP contribution < -0.4 is 5.73 Å². The standard InChI is InChI=1S/C29H33ClN2O3S/c1-21-11-15-23(16-12-21)28(29(31)33)24-17-13-22(14-18-24)19-32(20-25-7-5-6-10-27(25)30)36(34,35)26-8-3-2-4-9-26/h2-12,15-16,22,24,28H,13-14,17-20H2,1H3,(H2,31,33). The third-order valence-electron chi connectivity index (χ3n) is 7.25. The van der Waals surface area contributed by atoms with Crippen molar-refractivity contribution in [2.24, 2.45) is 17.6 Å². The van der Waals surface area contributed by atoms with Crippen LogP contribution in [0.5, 0.6) is 0 Å². The molecule has 0 spiro atoms. The minimum Gasteiger partial charge on any atom is -0.369 e. The number of hydrogen-bond acceptors (Lipinski definition) is 3. The number of amides is 1. The normalized spacial score (nSPS) is 19.2. The summed E-state index contributed by atoms with van der Waals surface area (Å²) in [5.74, 6) is -0.272. The zero-order chi connectivity index (χ0) is 25.7. The van der Waals surface area contributed by atoms with Gasteiger partial charge in [0.2, 0.25) is 15.9 Å². The molecular weight excluding hydrogens is 492 g/mol. The summed E-state index contributed by atoms with van der Waals surface area (Å²) < 4.78 is 28.8. The van der Waals surface area contributed by atoms with E-state index in [0.717, 1.165) is 42.4 Å². The van der Waals surface area contributed by atoms with E-state index in [4.69, 9.17) is 17.3 Å². The first-order valence-electron chi connectivity index (χ1n) is 12.4. The lowest BCUT2D eigenvalue weighted by molar-refractivity contribution is -0.121. The van der Waals surface area contributed by atoms with Crippen LogP contribution in [0.15, 0.2) is 83.8 Å². The van der Waals surface area contributed by atoms with Crippen molar-refractivity contribution in [3.63, 3.8) is 0 Å². The molecule has 4 rings (SSSR count). The number of primary amides is 1. The van der Waals surface area contributed by atoms with E-state index < -0.39 is 10.0 Å². The van der Waals surface area contributed by atoms with Gasteiger partial charge in [-0.1, -0.05) is 77.8 Å². The van der Waals surface area contributed by atoms with Crippen LogP contribution in [0.3, 0.4) is 0 Å². The molecule has 1 saturated carbocycles. The molecule has 1 amide bonds. The van der Waals surface area contributed by atoms with Crippen LogP contribution in [0.2, 0.25) is 5.02 Å². The van der Waals surface area contributed by atoms with Crippen molar-refractivity contribution in [2.45, 2.75) is 50.0 Å². The first-order valence-corrected chi connectivity index (χ1v) is 14.2. The van der Waals surface area contributed by atoms with E-state index in [1.807, 2.05) is 55.5 Å². The Hall–Kier alpha value is -2.67. The van der Waals surface area contributed by atoms with Crippen LogP contribution in [0, 0.1) is 18.8 Å². The second kappa shape index (κ2) is 11.6. The first kappa shape index (κ1) is 26.4. The van der Waals surface area contributed by atoms with Crippen molar-refractivity contribution in [1.29, 1.82) is 0 Å². The topological polar surface area (TPSA) is 80.5 Å². The van der Waals surface area contributed by atoms with E-state index in [-0.39, 0.29) is 35.1 Å². The first-order chi connectivity index (χ1) is 17.3. The van der Waals surface area contributed by atoms with Gasteiger partial charge in [0, 0.05) is 18.1 Å². The fourth-order valence-electron chi connectivity index (χ4n) is 5.24. The number of carbonyl (C=O) groups excluding carboxylic acids is 1. The molecule has 1 fully saturated rings. The Bertz CT molecular complexity index is 1270. The molecule has 2 N–H and O–H groups in total. The van der Waals surface area contributed by atoms with Crippen LogP contribution in [0.4, 0.5) is 0 Å². The van der Waals surface area contributed by atoms with Crippen molar-refractivity contribution in [3.8, 4) is 0 Å². The molecule has 1 unspecified atom stereocenters. The molecule has 3 aromatic rings. The lowest BCUT2D eigenvalue weighted by atomic mass is 9.73. The number of halogens is 1. The molecule has 0 bridgehead atoms. The van der Waals surface area contributed by atoms with E-state index in [0.29, 0.717) is 11.6 Å². The van der Waals surface area contributed by atoms with Gasteiger partial charge in [-0.2, -0.15) is 4.31 Å². The van der Waals surface area contributed by atoms with Gasteiger partial charge >= 0.3 is 0 Å². The Morgan fingerprint density at radius 1 is 0.944 bits per heavy atom. The number of rotatable bonds is 9. The third-order valence-corrected chi connectivity index (χ3v) is 9.45. The number of sulfonamides is 1. The molecule has 0 radical (unpaired) electrons. The van der Waals surface area contributed by atoms with Crippen molar-refractivity contribution >= 4 is 27.5 Å². The molecule has 1 aliphatic rings. The second-order valence-electron chi connectivity index (χ2n) is 9.77. The highest BCUT2D eigenvalue weighted by Gasteiger charge is 2.34. The number of nitrogens with zero attached hydrogens (tertiary/aromatic N) is 1. The number of hydrogen-bond donors (Lipinski definition) is 1. The van der Waals surface area contributed by atoms with Gasteiger partial charge < -0.3 is 5.73 Å². The highest BCUT2D eigenvalue weighted by molar-refractivity contribution is 7.89. The molecule has 190 valence electrons. The van der Waals surface area contributed by atoms with E-state index in [9.17, 15) is 13.2 Å². The zero-order valence-corrected chi connectivity index (χ0v) is 22.1.